The lowest BCUT2D eigenvalue weighted by Crippen LogP contribution is -2.58. The molecular weight excluding hydrogens is 845 g/mol. The third kappa shape index (κ3) is 8.64. The summed E-state index contributed by atoms with van der Waals surface area (Å²) in [6.07, 6.45) is 7.62. The number of carbonyl (C=O) groups is 4. The lowest BCUT2D eigenvalue weighted by atomic mass is 9.79. The summed E-state index contributed by atoms with van der Waals surface area (Å²) in [7, 11) is 1.51. The molecule has 1 atom stereocenters. The first kappa shape index (κ1) is 43.6. The largest absolute Gasteiger partial charge is 0.478 e. The van der Waals surface area contributed by atoms with Crippen molar-refractivity contribution in [3.63, 3.8) is 0 Å². The zero-order valence-corrected chi connectivity index (χ0v) is 37.0. The maximum atomic E-state index is 16.0. The quantitative estimate of drug-likeness (QED) is 0.159. The molecule has 5 aliphatic rings. The first-order chi connectivity index (χ1) is 30.8. The summed E-state index contributed by atoms with van der Waals surface area (Å²) in [6.45, 7) is 6.83. The number of nitrogens with zero attached hydrogens (tertiary/aromatic N) is 6. The molecule has 9 rings (SSSR count). The Hall–Kier alpha value is -5.65. The maximum absolute atomic E-state index is 16.0. The van der Waals surface area contributed by atoms with Gasteiger partial charge in [-0.15, -0.1) is 0 Å². The first-order valence-electron chi connectivity index (χ1n) is 22.3. The Morgan fingerprint density at radius 2 is 1.75 bits per heavy atom. The summed E-state index contributed by atoms with van der Waals surface area (Å²) in [6, 6.07) is 10.2. The van der Waals surface area contributed by atoms with Crippen LogP contribution in [0.1, 0.15) is 98.7 Å². The SMILES string of the molecule is CNC(=O)COc1cc2cc(Nc3nc(N4CCC(OC5CN([C@H]6CC[C@H](c7ccc8c(c7F)CN(C7CCC(=O)NC7=O)C8=O)CC6)C5)CC4)ncc3Cl)ccc2n(C(C)C)c1=O. The van der Waals surface area contributed by atoms with Gasteiger partial charge in [0.1, 0.15) is 16.9 Å². The minimum atomic E-state index is -0.768. The molecule has 338 valence electrons. The smallest absolute Gasteiger partial charge is 0.293 e. The molecular formula is C46H53ClFN9O7. The van der Waals surface area contributed by atoms with Gasteiger partial charge in [-0.05, 0) is 101 Å². The van der Waals surface area contributed by atoms with Crippen molar-refractivity contribution in [3.8, 4) is 5.75 Å². The monoisotopic (exact) mass is 897 g/mol. The molecule has 18 heteroatoms. The Labute approximate surface area is 374 Å². The van der Waals surface area contributed by atoms with Gasteiger partial charge in [0.25, 0.3) is 17.4 Å². The summed E-state index contributed by atoms with van der Waals surface area (Å²) >= 11 is 6.59. The number of likely N-dealkylation sites (N-methyl/N-ethyl adjacent to an activating group) is 1. The molecule has 2 aromatic heterocycles. The van der Waals surface area contributed by atoms with Crippen LogP contribution < -0.4 is 31.1 Å². The molecule has 0 radical (unpaired) electrons. The van der Waals surface area contributed by atoms with E-state index in [4.69, 9.17) is 26.1 Å². The summed E-state index contributed by atoms with van der Waals surface area (Å²) in [5.74, 6) is -0.712. The minimum absolute atomic E-state index is 0.0401. The van der Waals surface area contributed by atoms with Crippen LogP contribution in [-0.2, 0) is 25.7 Å². The molecule has 4 fully saturated rings. The highest BCUT2D eigenvalue weighted by atomic mass is 35.5. The topological polar surface area (TPSA) is 180 Å². The average molecular weight is 898 g/mol. The molecule has 4 aromatic rings. The van der Waals surface area contributed by atoms with Crippen LogP contribution in [0.3, 0.4) is 0 Å². The zero-order chi connectivity index (χ0) is 44.8. The Morgan fingerprint density at radius 1 is 0.984 bits per heavy atom. The van der Waals surface area contributed by atoms with Gasteiger partial charge in [-0.25, -0.2) is 9.37 Å². The normalized spacial score (nSPS) is 22.2. The first-order valence-corrected chi connectivity index (χ1v) is 22.7. The van der Waals surface area contributed by atoms with E-state index in [0.717, 1.165) is 75.6 Å². The van der Waals surface area contributed by atoms with Gasteiger partial charge in [-0.1, -0.05) is 17.7 Å². The number of piperidine rings is 2. The lowest BCUT2D eigenvalue weighted by Gasteiger charge is -2.47. The zero-order valence-electron chi connectivity index (χ0n) is 36.2. The van der Waals surface area contributed by atoms with Gasteiger partial charge < -0.3 is 34.5 Å². The van der Waals surface area contributed by atoms with Gasteiger partial charge in [0, 0.05) is 73.9 Å². The van der Waals surface area contributed by atoms with Gasteiger partial charge >= 0.3 is 0 Å². The number of benzene rings is 2. The molecule has 0 spiro atoms. The van der Waals surface area contributed by atoms with E-state index in [2.05, 4.69) is 30.7 Å². The second-order valence-corrected chi connectivity index (χ2v) is 18.2. The number of hydrogen-bond acceptors (Lipinski definition) is 12. The van der Waals surface area contributed by atoms with Crippen LogP contribution in [0, 0.1) is 5.82 Å². The van der Waals surface area contributed by atoms with Crippen LogP contribution in [0.5, 0.6) is 5.75 Å². The molecule has 3 N–H and O–H groups in total. The number of aromatic nitrogens is 3. The van der Waals surface area contributed by atoms with Crippen LogP contribution >= 0.6 is 11.6 Å². The van der Waals surface area contributed by atoms with Crippen molar-refractivity contribution >= 4 is 63.6 Å². The Kier molecular flexibility index (Phi) is 12.3. The van der Waals surface area contributed by atoms with Gasteiger partial charge in [0.15, 0.2) is 18.2 Å². The fourth-order valence-corrected chi connectivity index (χ4v) is 10.1. The number of pyridine rings is 1. The molecule has 6 heterocycles. The number of imide groups is 1. The van der Waals surface area contributed by atoms with E-state index < -0.39 is 11.9 Å². The maximum Gasteiger partial charge on any atom is 0.293 e. The van der Waals surface area contributed by atoms with Crippen LogP contribution in [-0.4, -0.2) is 112 Å². The highest BCUT2D eigenvalue weighted by Crippen LogP contribution is 2.41. The molecule has 0 bridgehead atoms. The number of amides is 4. The van der Waals surface area contributed by atoms with Gasteiger partial charge in [-0.3, -0.25) is 34.2 Å². The van der Waals surface area contributed by atoms with E-state index in [1.807, 2.05) is 32.0 Å². The number of likely N-dealkylation sites (tertiary alicyclic amines) is 1. The third-order valence-corrected chi connectivity index (χ3v) is 13.7. The predicted molar refractivity (Wildman–Crippen MR) is 238 cm³/mol. The van der Waals surface area contributed by atoms with Gasteiger partial charge in [-0.2, -0.15) is 4.98 Å². The number of rotatable bonds is 12. The molecule has 1 saturated carbocycles. The summed E-state index contributed by atoms with van der Waals surface area (Å²) in [4.78, 5) is 77.7. The van der Waals surface area contributed by atoms with Gasteiger partial charge in [0.05, 0.1) is 30.5 Å². The predicted octanol–water partition coefficient (Wildman–Crippen LogP) is 5.19. The Balaban J connectivity index is 0.746. The van der Waals surface area contributed by atoms with Crippen molar-refractivity contribution in [3.05, 3.63) is 80.5 Å². The number of fused-ring (bicyclic) bond motifs is 2. The highest BCUT2D eigenvalue weighted by Gasteiger charge is 2.42. The van der Waals surface area contributed by atoms with E-state index >= 15 is 4.39 Å². The molecule has 4 amide bonds. The van der Waals surface area contributed by atoms with Crippen molar-refractivity contribution in [1.82, 2.24) is 35.0 Å². The van der Waals surface area contributed by atoms with Crippen molar-refractivity contribution in [2.24, 2.45) is 0 Å². The van der Waals surface area contributed by atoms with E-state index in [9.17, 15) is 24.0 Å². The number of carbonyl (C=O) groups excluding carboxylic acids is 4. The van der Waals surface area contributed by atoms with Crippen molar-refractivity contribution in [2.75, 3.05) is 50.1 Å². The van der Waals surface area contributed by atoms with Gasteiger partial charge in [0.2, 0.25) is 17.8 Å². The van der Waals surface area contributed by atoms with Crippen LogP contribution in [0.25, 0.3) is 10.9 Å². The summed E-state index contributed by atoms with van der Waals surface area (Å²) in [5, 5.41) is 9.23. The molecule has 4 aliphatic heterocycles. The van der Waals surface area contributed by atoms with Crippen LogP contribution in [0.4, 0.5) is 21.8 Å². The average Bonchev–Trinajstić information content (AvgIpc) is 3.61. The van der Waals surface area contributed by atoms with Crippen LogP contribution in [0.2, 0.25) is 5.02 Å². The number of ether oxygens (including phenoxy) is 2. The van der Waals surface area contributed by atoms with Crippen LogP contribution in [0.15, 0.2) is 47.4 Å². The van der Waals surface area contributed by atoms with E-state index in [-0.39, 0.29) is 85.0 Å². The van der Waals surface area contributed by atoms with E-state index in [1.165, 1.54) is 11.9 Å². The molecule has 3 saturated heterocycles. The Morgan fingerprint density at radius 3 is 2.47 bits per heavy atom. The molecule has 1 aliphatic carbocycles. The van der Waals surface area contributed by atoms with Crippen molar-refractivity contribution < 1.29 is 33.0 Å². The Bertz CT molecular complexity index is 2550. The third-order valence-electron chi connectivity index (χ3n) is 13.5. The second-order valence-electron chi connectivity index (χ2n) is 17.8. The number of nitrogens with one attached hydrogen (secondary N) is 3. The summed E-state index contributed by atoms with van der Waals surface area (Å²) < 4.78 is 29.8. The lowest BCUT2D eigenvalue weighted by molar-refractivity contribution is -0.137. The fraction of sp³-hybridized carbons (Fsp3) is 0.500. The standard InChI is InChI=1S/C46H53ClFN9O7/c1-25(2)57-36-11-6-28(18-27(36)19-38(45(57)62)63-24-40(59)49-3)51-42-35(47)20-50-46(53-42)54-16-14-30(15-17-54)64-31-21-55(22-31)29-7-4-26(5-8-29)32-9-10-33-34(41(32)48)23-56(44(33)61)37-12-13-39(58)52-43(37)60/h6,9-11,18-20,25-26,29-31,37H,4-5,7-8,12-17,21-24H2,1-3H3,(H,49,59)(H,50,51,53)(H,52,58,60)/t26-,29-,37?. The molecule has 16 nitrogen and oxygen atoms in total. The van der Waals surface area contributed by atoms with Crippen molar-refractivity contribution in [1.29, 1.82) is 0 Å². The number of halogens is 2. The molecule has 1 unspecified atom stereocenters. The van der Waals surface area contributed by atoms with E-state index in [0.29, 0.717) is 45.2 Å². The highest BCUT2D eigenvalue weighted by molar-refractivity contribution is 6.33. The fourth-order valence-electron chi connectivity index (χ4n) is 9.97. The summed E-state index contributed by atoms with van der Waals surface area (Å²) in [5.41, 5.74) is 2.42. The number of hydrogen-bond donors (Lipinski definition) is 3. The molecule has 2 aromatic carbocycles. The minimum Gasteiger partial charge on any atom is -0.478 e. The second kappa shape index (κ2) is 18.1. The van der Waals surface area contributed by atoms with Crippen molar-refractivity contribution in [2.45, 2.75) is 108 Å². The number of anilines is 3. The molecule has 64 heavy (non-hydrogen) atoms. The van der Waals surface area contributed by atoms with E-state index in [1.54, 1.807) is 29.0 Å².